The topological polar surface area (TPSA) is 68.2 Å². The minimum absolute atomic E-state index is 0.138. The van der Waals surface area contributed by atoms with Gasteiger partial charge in [-0.1, -0.05) is 36.7 Å². The Kier molecular flexibility index (Phi) is 9.74. The summed E-state index contributed by atoms with van der Waals surface area (Å²) in [6.45, 7) is 4.65. The van der Waals surface area contributed by atoms with Gasteiger partial charge in [0.15, 0.2) is 0 Å². The molecule has 0 heterocycles. The van der Waals surface area contributed by atoms with Crippen LogP contribution in [0.5, 0.6) is 11.5 Å². The number of halogens is 1. The van der Waals surface area contributed by atoms with Crippen LogP contribution in [0.4, 0.5) is 0 Å². The molecule has 0 saturated carbocycles. The van der Waals surface area contributed by atoms with Crippen LogP contribution in [0.2, 0.25) is 5.02 Å². The van der Waals surface area contributed by atoms with Gasteiger partial charge in [0.05, 0.1) is 44.2 Å². The molecule has 160 valence electrons. The Balaban J connectivity index is 2.14. The van der Waals surface area contributed by atoms with Crippen LogP contribution in [0.15, 0.2) is 36.4 Å². The fourth-order valence-corrected chi connectivity index (χ4v) is 3.30. The van der Waals surface area contributed by atoms with E-state index in [1.165, 1.54) is 0 Å². The van der Waals surface area contributed by atoms with Gasteiger partial charge in [0.25, 0.3) is 0 Å². The van der Waals surface area contributed by atoms with Crippen LogP contribution in [-0.4, -0.2) is 42.7 Å². The van der Waals surface area contributed by atoms with Gasteiger partial charge in [0, 0.05) is 6.42 Å². The van der Waals surface area contributed by atoms with Crippen molar-refractivity contribution in [2.75, 3.05) is 20.3 Å². The summed E-state index contributed by atoms with van der Waals surface area (Å²) in [6.07, 6.45) is 0.772. The van der Waals surface area contributed by atoms with Crippen molar-refractivity contribution in [2.24, 2.45) is 0 Å². The fourth-order valence-electron chi connectivity index (χ4n) is 3.05. The Morgan fingerprint density at radius 2 is 1.79 bits per heavy atom. The van der Waals surface area contributed by atoms with E-state index in [1.54, 1.807) is 7.11 Å². The first-order valence-corrected chi connectivity index (χ1v) is 10.4. The average molecular weight is 423 g/mol. The summed E-state index contributed by atoms with van der Waals surface area (Å²) in [6, 6.07) is 11.8. The third-order valence-corrected chi connectivity index (χ3v) is 5.15. The van der Waals surface area contributed by atoms with Gasteiger partial charge in [-0.2, -0.15) is 0 Å². The maximum atomic E-state index is 9.80. The molecule has 2 unspecified atom stereocenters. The summed E-state index contributed by atoms with van der Waals surface area (Å²) in [4.78, 5) is 0. The van der Waals surface area contributed by atoms with Gasteiger partial charge in [0.1, 0.15) is 11.5 Å². The van der Waals surface area contributed by atoms with E-state index in [0.29, 0.717) is 43.2 Å². The fraction of sp³-hybridized carbons (Fsp3) is 0.478. The van der Waals surface area contributed by atoms with Gasteiger partial charge in [-0.25, -0.2) is 0 Å². The number of methoxy groups -OCH3 is 1. The molecule has 0 saturated heterocycles. The third kappa shape index (κ3) is 7.19. The van der Waals surface area contributed by atoms with E-state index < -0.39 is 12.2 Å². The highest BCUT2D eigenvalue weighted by atomic mass is 35.5. The summed E-state index contributed by atoms with van der Waals surface area (Å²) in [5.41, 5.74) is 2.94. The van der Waals surface area contributed by atoms with Gasteiger partial charge < -0.3 is 24.4 Å². The van der Waals surface area contributed by atoms with Crippen LogP contribution in [0.3, 0.4) is 0 Å². The number of hydrogen-bond acceptors (Lipinski definition) is 5. The zero-order valence-corrected chi connectivity index (χ0v) is 18.1. The number of rotatable bonds is 12. The molecule has 2 aromatic carbocycles. The van der Waals surface area contributed by atoms with Crippen LogP contribution in [0.25, 0.3) is 0 Å². The van der Waals surface area contributed by atoms with Gasteiger partial charge in [-0.05, 0) is 54.7 Å². The Labute approximate surface area is 178 Å². The summed E-state index contributed by atoms with van der Waals surface area (Å²) in [7, 11) is 1.58. The molecule has 2 rings (SSSR count). The monoisotopic (exact) mass is 422 g/mol. The van der Waals surface area contributed by atoms with Gasteiger partial charge >= 0.3 is 0 Å². The quantitative estimate of drug-likeness (QED) is 0.531. The zero-order chi connectivity index (χ0) is 21.2. The highest BCUT2D eigenvalue weighted by Gasteiger charge is 2.15. The maximum absolute atomic E-state index is 9.80. The van der Waals surface area contributed by atoms with Crippen molar-refractivity contribution < 1.29 is 24.4 Å². The molecule has 6 heteroatoms. The molecule has 29 heavy (non-hydrogen) atoms. The lowest BCUT2D eigenvalue weighted by atomic mass is 10.0. The largest absolute Gasteiger partial charge is 0.495 e. The molecule has 0 aliphatic rings. The molecule has 0 aliphatic heterocycles. The minimum Gasteiger partial charge on any atom is -0.495 e. The molecule has 0 radical (unpaired) electrons. The Morgan fingerprint density at radius 1 is 1.07 bits per heavy atom. The van der Waals surface area contributed by atoms with E-state index >= 15 is 0 Å². The summed E-state index contributed by atoms with van der Waals surface area (Å²) >= 11 is 6.53. The smallest absolute Gasteiger partial charge is 0.138 e. The molecule has 0 fully saturated rings. The summed E-state index contributed by atoms with van der Waals surface area (Å²) < 4.78 is 16.7. The molecule has 2 atom stereocenters. The third-order valence-electron chi connectivity index (χ3n) is 4.72. The standard InChI is InChI=1S/C23H31ClO5/c1-4-19(26)13-21(14-25)29-15-17-11-18(23(24)22(12-17)27-3)10-16-6-8-20(9-7-16)28-5-2/h6-9,11-12,19,21,25-26H,4-5,10,13-15H2,1-3H3. The van der Waals surface area contributed by atoms with E-state index in [9.17, 15) is 10.2 Å². The van der Waals surface area contributed by atoms with Crippen molar-refractivity contribution >= 4 is 11.6 Å². The van der Waals surface area contributed by atoms with Crippen molar-refractivity contribution in [3.8, 4) is 11.5 Å². The second kappa shape index (κ2) is 12.0. The number of aliphatic hydroxyl groups excluding tert-OH is 2. The molecular formula is C23H31ClO5. The van der Waals surface area contributed by atoms with E-state index in [-0.39, 0.29) is 6.61 Å². The number of benzene rings is 2. The SMILES string of the molecule is CCOc1ccc(Cc2cc(COC(CO)CC(O)CC)cc(OC)c2Cl)cc1. The molecule has 5 nitrogen and oxygen atoms in total. The number of hydrogen-bond donors (Lipinski definition) is 2. The Bertz CT molecular complexity index is 748. The van der Waals surface area contributed by atoms with E-state index in [4.69, 9.17) is 25.8 Å². The lowest BCUT2D eigenvalue weighted by Gasteiger charge is -2.19. The predicted octanol–water partition coefficient (Wildman–Crippen LogP) is 4.38. The Morgan fingerprint density at radius 3 is 2.38 bits per heavy atom. The molecule has 0 amide bonds. The molecule has 0 aliphatic carbocycles. The van der Waals surface area contributed by atoms with Crippen molar-refractivity contribution in [1.82, 2.24) is 0 Å². The first-order chi connectivity index (χ1) is 14.0. The zero-order valence-electron chi connectivity index (χ0n) is 17.4. The molecule has 0 spiro atoms. The Hall–Kier alpha value is -1.79. The lowest BCUT2D eigenvalue weighted by molar-refractivity contribution is -0.0265. The highest BCUT2D eigenvalue weighted by molar-refractivity contribution is 6.32. The van der Waals surface area contributed by atoms with E-state index in [0.717, 1.165) is 22.4 Å². The van der Waals surface area contributed by atoms with Gasteiger partial charge in [0.2, 0.25) is 0 Å². The number of ether oxygens (including phenoxy) is 3. The second-order valence-corrected chi connectivity index (χ2v) is 7.32. The summed E-state index contributed by atoms with van der Waals surface area (Å²) in [5.74, 6) is 1.43. The highest BCUT2D eigenvalue weighted by Crippen LogP contribution is 2.32. The van der Waals surface area contributed by atoms with Crippen LogP contribution in [0, 0.1) is 0 Å². The molecule has 0 aromatic heterocycles. The average Bonchev–Trinajstić information content (AvgIpc) is 2.74. The number of aliphatic hydroxyl groups is 2. The van der Waals surface area contributed by atoms with Crippen LogP contribution >= 0.6 is 11.6 Å². The normalized spacial score (nSPS) is 13.2. The van der Waals surface area contributed by atoms with Gasteiger partial charge in [-0.15, -0.1) is 0 Å². The van der Waals surface area contributed by atoms with Crippen LogP contribution in [0.1, 0.15) is 43.4 Å². The van der Waals surface area contributed by atoms with Crippen molar-refractivity contribution in [2.45, 2.75) is 51.9 Å². The molecule has 2 N–H and O–H groups in total. The second-order valence-electron chi connectivity index (χ2n) is 6.94. The first-order valence-electron chi connectivity index (χ1n) is 9.98. The molecule has 2 aromatic rings. The molecule has 0 bridgehead atoms. The molecular weight excluding hydrogens is 392 g/mol. The van der Waals surface area contributed by atoms with Crippen LogP contribution < -0.4 is 9.47 Å². The summed E-state index contributed by atoms with van der Waals surface area (Å²) in [5, 5.41) is 19.9. The van der Waals surface area contributed by atoms with Crippen molar-refractivity contribution in [3.63, 3.8) is 0 Å². The minimum atomic E-state index is -0.484. The first kappa shape index (κ1) is 23.5. The van der Waals surface area contributed by atoms with Crippen molar-refractivity contribution in [1.29, 1.82) is 0 Å². The van der Waals surface area contributed by atoms with Crippen LogP contribution in [-0.2, 0) is 17.8 Å². The van der Waals surface area contributed by atoms with E-state index in [2.05, 4.69) is 0 Å². The maximum Gasteiger partial charge on any atom is 0.138 e. The van der Waals surface area contributed by atoms with Crippen molar-refractivity contribution in [3.05, 3.63) is 58.1 Å². The van der Waals surface area contributed by atoms with E-state index in [1.807, 2.05) is 50.2 Å². The predicted molar refractivity (Wildman–Crippen MR) is 115 cm³/mol. The lowest BCUT2D eigenvalue weighted by Crippen LogP contribution is -2.23. The van der Waals surface area contributed by atoms with Gasteiger partial charge in [-0.3, -0.25) is 0 Å².